The van der Waals surface area contributed by atoms with Crippen LogP contribution in [0, 0.1) is 6.92 Å². The van der Waals surface area contributed by atoms with E-state index in [2.05, 4.69) is 115 Å². The first-order chi connectivity index (χ1) is 16.3. The number of para-hydroxylation sites is 2. The van der Waals surface area contributed by atoms with E-state index < -0.39 is 0 Å². The molecule has 5 aromatic rings. The van der Waals surface area contributed by atoms with Crippen LogP contribution in [-0.2, 0) is 5.41 Å². The van der Waals surface area contributed by atoms with Crippen molar-refractivity contribution in [2.24, 2.45) is 0 Å². The summed E-state index contributed by atoms with van der Waals surface area (Å²) < 4.78 is 2.46. The molecule has 1 spiro atoms. The Balaban J connectivity index is 1.76. The minimum atomic E-state index is -0.330. The second kappa shape index (κ2) is 6.46. The standard InChI is InChI=1S/C32H23N/c1-3-4-19-29-21(2)22-14-11-18-28-31(22)33(29)30-20-10-9-17-27(30)32(28)25-15-7-5-12-23(25)24-13-6-8-16-26(24)32/h3-20H,1H2,2H3/b19-4-. The topological polar surface area (TPSA) is 4.93 Å². The number of aryl methyl sites for hydroxylation is 1. The molecule has 7 rings (SSSR count). The van der Waals surface area contributed by atoms with Crippen LogP contribution >= 0.6 is 0 Å². The van der Waals surface area contributed by atoms with Crippen molar-refractivity contribution in [3.8, 4) is 16.8 Å². The van der Waals surface area contributed by atoms with Crippen molar-refractivity contribution in [2.45, 2.75) is 12.3 Å². The maximum absolute atomic E-state index is 3.90. The smallest absolute Gasteiger partial charge is 0.0754 e. The number of hydrogen-bond donors (Lipinski definition) is 0. The van der Waals surface area contributed by atoms with Gasteiger partial charge in [-0.1, -0.05) is 104 Å². The van der Waals surface area contributed by atoms with Gasteiger partial charge in [-0.2, -0.15) is 0 Å². The number of rotatable bonds is 2. The van der Waals surface area contributed by atoms with E-state index in [0.717, 1.165) is 0 Å². The summed E-state index contributed by atoms with van der Waals surface area (Å²) in [7, 11) is 0. The summed E-state index contributed by atoms with van der Waals surface area (Å²) in [4.78, 5) is 0. The number of allylic oxidation sites excluding steroid dienone is 2. The fourth-order valence-corrected chi connectivity index (χ4v) is 6.37. The highest BCUT2D eigenvalue weighted by atomic mass is 15.0. The second-order valence-electron chi connectivity index (χ2n) is 9.00. The van der Waals surface area contributed by atoms with Crippen LogP contribution in [-0.4, -0.2) is 4.57 Å². The lowest BCUT2D eigenvalue weighted by Crippen LogP contribution is -2.33. The fourth-order valence-electron chi connectivity index (χ4n) is 6.37. The molecule has 1 aromatic heterocycles. The molecule has 2 aliphatic rings. The van der Waals surface area contributed by atoms with Gasteiger partial charge in [0, 0.05) is 11.1 Å². The van der Waals surface area contributed by atoms with E-state index in [1.807, 2.05) is 12.2 Å². The van der Waals surface area contributed by atoms with Crippen molar-refractivity contribution in [1.82, 2.24) is 4.57 Å². The lowest BCUT2D eigenvalue weighted by molar-refractivity contribution is 0.744. The van der Waals surface area contributed by atoms with Gasteiger partial charge in [0.2, 0.25) is 0 Å². The maximum atomic E-state index is 3.90. The largest absolute Gasteiger partial charge is 0.309 e. The summed E-state index contributed by atoms with van der Waals surface area (Å²) >= 11 is 0. The van der Waals surface area contributed by atoms with E-state index >= 15 is 0 Å². The highest BCUT2D eigenvalue weighted by Crippen LogP contribution is 2.60. The first kappa shape index (κ1) is 18.5. The molecule has 0 fully saturated rings. The third kappa shape index (κ3) is 2.08. The Morgan fingerprint density at radius 2 is 1.30 bits per heavy atom. The van der Waals surface area contributed by atoms with Crippen LogP contribution in [0.15, 0.2) is 110 Å². The van der Waals surface area contributed by atoms with Gasteiger partial charge in [-0.15, -0.1) is 0 Å². The summed E-state index contributed by atoms with van der Waals surface area (Å²) in [6.45, 7) is 6.14. The summed E-state index contributed by atoms with van der Waals surface area (Å²) in [5.41, 5.74) is 12.9. The third-order valence-electron chi connectivity index (χ3n) is 7.58. The van der Waals surface area contributed by atoms with Crippen LogP contribution in [0.4, 0.5) is 0 Å². The molecule has 1 nitrogen and oxygen atoms in total. The van der Waals surface area contributed by atoms with Crippen LogP contribution in [0.1, 0.15) is 33.5 Å². The molecule has 1 aliphatic carbocycles. The molecule has 0 unspecified atom stereocenters. The molecule has 33 heavy (non-hydrogen) atoms. The highest BCUT2D eigenvalue weighted by Gasteiger charge is 2.50. The zero-order chi connectivity index (χ0) is 22.2. The lowest BCUT2D eigenvalue weighted by atomic mass is 9.65. The molecule has 0 atom stereocenters. The quantitative estimate of drug-likeness (QED) is 0.251. The van der Waals surface area contributed by atoms with Crippen molar-refractivity contribution in [2.75, 3.05) is 0 Å². The number of hydrogen-bond acceptors (Lipinski definition) is 0. The molecule has 0 saturated carbocycles. The van der Waals surface area contributed by atoms with Gasteiger partial charge in [0.1, 0.15) is 0 Å². The van der Waals surface area contributed by atoms with E-state index in [4.69, 9.17) is 0 Å². The molecule has 1 heteroatoms. The predicted molar refractivity (Wildman–Crippen MR) is 138 cm³/mol. The first-order valence-corrected chi connectivity index (χ1v) is 11.5. The summed E-state index contributed by atoms with van der Waals surface area (Å²) in [6.07, 6.45) is 6.08. The fraction of sp³-hybridized carbons (Fsp3) is 0.0625. The molecule has 0 saturated heterocycles. The number of benzene rings is 4. The Labute approximate surface area is 194 Å². The van der Waals surface area contributed by atoms with Crippen molar-refractivity contribution in [3.05, 3.63) is 143 Å². The summed E-state index contributed by atoms with van der Waals surface area (Å²) in [6, 6.07) is 33.7. The van der Waals surface area contributed by atoms with Crippen LogP contribution in [0.25, 0.3) is 33.8 Å². The molecular weight excluding hydrogens is 398 g/mol. The molecule has 2 heterocycles. The molecule has 4 aromatic carbocycles. The van der Waals surface area contributed by atoms with Crippen LogP contribution in [0.5, 0.6) is 0 Å². The van der Waals surface area contributed by atoms with Gasteiger partial charge >= 0.3 is 0 Å². The predicted octanol–water partition coefficient (Wildman–Crippen LogP) is 7.81. The monoisotopic (exact) mass is 421 g/mol. The van der Waals surface area contributed by atoms with Gasteiger partial charge in [-0.25, -0.2) is 0 Å². The van der Waals surface area contributed by atoms with Crippen LogP contribution in [0.2, 0.25) is 0 Å². The Morgan fingerprint density at radius 3 is 2.00 bits per heavy atom. The van der Waals surface area contributed by atoms with Gasteiger partial charge in [-0.3, -0.25) is 0 Å². The van der Waals surface area contributed by atoms with Crippen LogP contribution in [0.3, 0.4) is 0 Å². The normalized spacial score (nSPS) is 14.5. The number of nitrogens with zero attached hydrogens (tertiary/aromatic N) is 1. The van der Waals surface area contributed by atoms with Gasteiger partial charge in [-0.05, 0) is 58.0 Å². The lowest BCUT2D eigenvalue weighted by Gasteiger charge is -2.39. The van der Waals surface area contributed by atoms with E-state index in [1.54, 1.807) is 0 Å². The van der Waals surface area contributed by atoms with Crippen molar-refractivity contribution in [1.29, 1.82) is 0 Å². The summed E-state index contributed by atoms with van der Waals surface area (Å²) in [5, 5.41) is 1.31. The van der Waals surface area contributed by atoms with E-state index in [0.29, 0.717) is 0 Å². The van der Waals surface area contributed by atoms with Crippen molar-refractivity contribution in [3.63, 3.8) is 0 Å². The average molecular weight is 422 g/mol. The maximum Gasteiger partial charge on any atom is 0.0754 e. The molecule has 1 aliphatic heterocycles. The highest BCUT2D eigenvalue weighted by molar-refractivity contribution is 5.99. The first-order valence-electron chi connectivity index (χ1n) is 11.5. The van der Waals surface area contributed by atoms with Gasteiger partial charge in [0.25, 0.3) is 0 Å². The Hall–Kier alpha value is -4.10. The molecule has 156 valence electrons. The van der Waals surface area contributed by atoms with Crippen molar-refractivity contribution < 1.29 is 0 Å². The molecule has 0 bridgehead atoms. The zero-order valence-electron chi connectivity index (χ0n) is 18.5. The molecule has 0 amide bonds. The second-order valence-corrected chi connectivity index (χ2v) is 9.00. The van der Waals surface area contributed by atoms with Gasteiger partial charge < -0.3 is 4.57 Å². The van der Waals surface area contributed by atoms with E-state index in [-0.39, 0.29) is 5.41 Å². The van der Waals surface area contributed by atoms with E-state index in [9.17, 15) is 0 Å². The minimum Gasteiger partial charge on any atom is -0.309 e. The molecule has 0 N–H and O–H groups in total. The number of fused-ring (bicyclic) bond motifs is 9. The molecule has 0 radical (unpaired) electrons. The van der Waals surface area contributed by atoms with Gasteiger partial charge in [0.15, 0.2) is 0 Å². The Kier molecular flexibility index (Phi) is 3.62. The number of aromatic nitrogens is 1. The zero-order valence-corrected chi connectivity index (χ0v) is 18.5. The summed E-state index contributed by atoms with van der Waals surface area (Å²) in [5.74, 6) is 0. The minimum absolute atomic E-state index is 0.330. The SMILES string of the molecule is C=C/C=C\c1c(C)c2cccc3c2n1-c1ccccc1C31c2ccccc2-c2ccccc21. The average Bonchev–Trinajstić information content (AvgIpc) is 3.32. The van der Waals surface area contributed by atoms with Crippen LogP contribution < -0.4 is 0 Å². The Bertz CT molecular complexity index is 1600. The Morgan fingerprint density at radius 1 is 0.697 bits per heavy atom. The third-order valence-corrected chi connectivity index (χ3v) is 7.58. The molecular formula is C32H23N. The van der Waals surface area contributed by atoms with Gasteiger partial charge in [0.05, 0.1) is 16.6 Å². The van der Waals surface area contributed by atoms with Crippen molar-refractivity contribution >= 4 is 17.0 Å². The van der Waals surface area contributed by atoms with E-state index in [1.165, 1.54) is 61.2 Å².